The number of rotatable bonds is 7. The minimum absolute atomic E-state index is 0.589. The number of benzene rings is 2. The van der Waals surface area contributed by atoms with Crippen molar-refractivity contribution in [3.63, 3.8) is 0 Å². The maximum atomic E-state index is 6.17. The van der Waals surface area contributed by atoms with Crippen molar-refractivity contribution < 1.29 is 0 Å². The Balaban J connectivity index is 1.53. The van der Waals surface area contributed by atoms with Crippen LogP contribution in [0.3, 0.4) is 0 Å². The van der Waals surface area contributed by atoms with E-state index in [9.17, 15) is 0 Å². The van der Waals surface area contributed by atoms with Gasteiger partial charge in [-0.1, -0.05) is 53.5 Å². The van der Waals surface area contributed by atoms with Crippen LogP contribution >= 0.6 is 23.2 Å². The quantitative estimate of drug-likeness (QED) is 0.609. The molecule has 6 heteroatoms. The average Bonchev–Trinajstić information content (AvgIpc) is 2.62. The van der Waals surface area contributed by atoms with Gasteiger partial charge >= 0.3 is 0 Å². The molecule has 4 nitrogen and oxygen atoms in total. The van der Waals surface area contributed by atoms with E-state index in [1.54, 1.807) is 6.20 Å². The van der Waals surface area contributed by atoms with Crippen LogP contribution in [0.4, 0.5) is 11.8 Å². The van der Waals surface area contributed by atoms with Gasteiger partial charge in [-0.3, -0.25) is 0 Å². The highest BCUT2D eigenvalue weighted by atomic mass is 35.5. The van der Waals surface area contributed by atoms with E-state index in [4.69, 9.17) is 23.2 Å². The number of aromatic nitrogens is 2. The second-order valence-electron chi connectivity index (χ2n) is 5.52. The highest BCUT2D eigenvalue weighted by Gasteiger charge is 2.02. The van der Waals surface area contributed by atoms with Crippen molar-refractivity contribution in [1.29, 1.82) is 0 Å². The Kier molecular flexibility index (Phi) is 6.09. The predicted molar refractivity (Wildman–Crippen MR) is 104 cm³/mol. The van der Waals surface area contributed by atoms with Crippen molar-refractivity contribution in [1.82, 2.24) is 9.97 Å². The maximum Gasteiger partial charge on any atom is 0.224 e. The minimum atomic E-state index is 0.589. The first-order valence-electron chi connectivity index (χ1n) is 7.99. The zero-order valence-corrected chi connectivity index (χ0v) is 15.1. The smallest absolute Gasteiger partial charge is 0.224 e. The van der Waals surface area contributed by atoms with E-state index in [0.29, 0.717) is 12.5 Å². The molecule has 2 N–H and O–H groups in total. The largest absolute Gasteiger partial charge is 0.366 e. The highest BCUT2D eigenvalue weighted by Crippen LogP contribution is 2.16. The molecule has 1 heterocycles. The lowest BCUT2D eigenvalue weighted by Crippen LogP contribution is -2.09. The molecule has 3 aromatic rings. The Morgan fingerprint density at radius 3 is 2.64 bits per heavy atom. The third-order valence-electron chi connectivity index (χ3n) is 3.66. The van der Waals surface area contributed by atoms with E-state index in [-0.39, 0.29) is 0 Å². The van der Waals surface area contributed by atoms with E-state index >= 15 is 0 Å². The Bertz CT molecular complexity index is 839. The van der Waals surface area contributed by atoms with Gasteiger partial charge in [0.15, 0.2) is 0 Å². The average molecular weight is 373 g/mol. The van der Waals surface area contributed by atoms with Gasteiger partial charge in [-0.2, -0.15) is 4.98 Å². The van der Waals surface area contributed by atoms with E-state index in [1.807, 2.05) is 48.5 Å². The number of hydrogen-bond donors (Lipinski definition) is 2. The van der Waals surface area contributed by atoms with Crippen LogP contribution in [0.25, 0.3) is 0 Å². The zero-order valence-electron chi connectivity index (χ0n) is 13.5. The highest BCUT2D eigenvalue weighted by molar-refractivity contribution is 6.31. The Morgan fingerprint density at radius 1 is 0.920 bits per heavy atom. The Labute approximate surface area is 157 Å². The third kappa shape index (κ3) is 5.34. The van der Waals surface area contributed by atoms with Gasteiger partial charge in [-0.25, -0.2) is 4.98 Å². The summed E-state index contributed by atoms with van der Waals surface area (Å²) in [6.07, 6.45) is 2.57. The molecule has 2 aromatic carbocycles. The van der Waals surface area contributed by atoms with Gasteiger partial charge in [-0.15, -0.1) is 0 Å². The van der Waals surface area contributed by atoms with Gasteiger partial charge in [0.05, 0.1) is 0 Å². The minimum Gasteiger partial charge on any atom is -0.366 e. The van der Waals surface area contributed by atoms with Crippen molar-refractivity contribution in [2.75, 3.05) is 17.2 Å². The van der Waals surface area contributed by atoms with Crippen molar-refractivity contribution in [3.05, 3.63) is 82.0 Å². The molecule has 0 spiro atoms. The van der Waals surface area contributed by atoms with Crippen LogP contribution < -0.4 is 10.6 Å². The molecule has 0 saturated carbocycles. The lowest BCUT2D eigenvalue weighted by Gasteiger charge is -2.09. The number of nitrogens with one attached hydrogen (secondary N) is 2. The monoisotopic (exact) mass is 372 g/mol. The van der Waals surface area contributed by atoms with E-state index in [0.717, 1.165) is 34.4 Å². The predicted octanol–water partition coefficient (Wildman–Crippen LogP) is 5.05. The molecule has 0 amide bonds. The lowest BCUT2D eigenvalue weighted by atomic mass is 10.1. The zero-order chi connectivity index (χ0) is 17.5. The van der Waals surface area contributed by atoms with E-state index in [1.165, 1.54) is 5.56 Å². The van der Waals surface area contributed by atoms with Crippen molar-refractivity contribution in [2.24, 2.45) is 0 Å². The molecule has 0 aliphatic rings. The summed E-state index contributed by atoms with van der Waals surface area (Å²) in [6.45, 7) is 1.34. The fourth-order valence-corrected chi connectivity index (χ4v) is 2.80. The van der Waals surface area contributed by atoms with Crippen LogP contribution in [-0.4, -0.2) is 16.5 Å². The molecule has 0 bridgehead atoms. The van der Waals surface area contributed by atoms with E-state index in [2.05, 4.69) is 26.7 Å². The Morgan fingerprint density at radius 2 is 1.80 bits per heavy atom. The van der Waals surface area contributed by atoms with Crippen LogP contribution in [-0.2, 0) is 13.0 Å². The molecule has 128 valence electrons. The fraction of sp³-hybridized carbons (Fsp3) is 0.158. The SMILES string of the molecule is Clc1cccc(CCNc2nccc(NCc3ccccc3Cl)n2)c1. The summed E-state index contributed by atoms with van der Waals surface area (Å²) in [6, 6.07) is 17.4. The van der Waals surface area contributed by atoms with Crippen LogP contribution in [0.15, 0.2) is 60.8 Å². The summed E-state index contributed by atoms with van der Waals surface area (Å²) in [5.41, 5.74) is 2.20. The second kappa shape index (κ2) is 8.70. The van der Waals surface area contributed by atoms with E-state index < -0.39 is 0 Å². The maximum absolute atomic E-state index is 6.17. The fourth-order valence-electron chi connectivity index (χ4n) is 2.38. The molecule has 3 rings (SSSR count). The van der Waals surface area contributed by atoms with Crippen LogP contribution in [0.5, 0.6) is 0 Å². The molecule has 1 aromatic heterocycles. The molecular weight excluding hydrogens is 355 g/mol. The first-order chi connectivity index (χ1) is 12.2. The van der Waals surface area contributed by atoms with Crippen molar-refractivity contribution in [3.8, 4) is 0 Å². The summed E-state index contributed by atoms with van der Waals surface area (Å²) < 4.78 is 0. The van der Waals surface area contributed by atoms with Crippen LogP contribution in [0, 0.1) is 0 Å². The molecule has 0 fully saturated rings. The molecule has 25 heavy (non-hydrogen) atoms. The van der Waals surface area contributed by atoms with Gasteiger partial charge in [0.2, 0.25) is 5.95 Å². The number of halogens is 2. The first-order valence-corrected chi connectivity index (χ1v) is 8.75. The number of hydrogen-bond acceptors (Lipinski definition) is 4. The third-order valence-corrected chi connectivity index (χ3v) is 4.26. The van der Waals surface area contributed by atoms with Crippen molar-refractivity contribution in [2.45, 2.75) is 13.0 Å². The summed E-state index contributed by atoms with van der Waals surface area (Å²) in [7, 11) is 0. The van der Waals surface area contributed by atoms with Crippen LogP contribution in [0.2, 0.25) is 10.0 Å². The molecule has 0 aliphatic heterocycles. The molecule has 0 saturated heterocycles. The first kappa shape index (κ1) is 17.5. The van der Waals surface area contributed by atoms with Gasteiger partial charge in [0, 0.05) is 29.3 Å². The standard InChI is InChI=1S/C19H18Cl2N4/c20-16-6-3-4-14(12-16)8-10-22-19-23-11-9-18(25-19)24-13-15-5-1-2-7-17(15)21/h1-7,9,11-12H,8,10,13H2,(H2,22,23,24,25). The number of anilines is 2. The van der Waals surface area contributed by atoms with Crippen molar-refractivity contribution >= 4 is 35.0 Å². The molecule has 0 radical (unpaired) electrons. The lowest BCUT2D eigenvalue weighted by molar-refractivity contribution is 0.980. The summed E-state index contributed by atoms with van der Waals surface area (Å²) in [5, 5.41) is 7.99. The van der Waals surface area contributed by atoms with Gasteiger partial charge in [-0.05, 0) is 41.8 Å². The molecule has 0 atom stereocenters. The summed E-state index contributed by atoms with van der Waals surface area (Å²) in [5.74, 6) is 1.34. The molecule has 0 unspecified atom stereocenters. The normalized spacial score (nSPS) is 10.5. The summed E-state index contributed by atoms with van der Waals surface area (Å²) in [4.78, 5) is 8.71. The topological polar surface area (TPSA) is 49.8 Å². The van der Waals surface area contributed by atoms with Crippen LogP contribution in [0.1, 0.15) is 11.1 Å². The molecular formula is C19H18Cl2N4. The molecule has 0 aliphatic carbocycles. The number of nitrogens with zero attached hydrogens (tertiary/aromatic N) is 2. The van der Waals surface area contributed by atoms with Gasteiger partial charge in [0.1, 0.15) is 5.82 Å². The van der Waals surface area contributed by atoms with Gasteiger partial charge < -0.3 is 10.6 Å². The van der Waals surface area contributed by atoms with Gasteiger partial charge in [0.25, 0.3) is 0 Å². The Hall–Kier alpha value is -2.30. The second-order valence-corrected chi connectivity index (χ2v) is 6.36. The summed E-state index contributed by atoms with van der Waals surface area (Å²) >= 11 is 12.2.